The van der Waals surface area contributed by atoms with Crippen molar-refractivity contribution in [2.24, 2.45) is 52.3 Å². The van der Waals surface area contributed by atoms with Crippen molar-refractivity contribution in [3.05, 3.63) is 0 Å². The molecule has 0 bridgehead atoms. The summed E-state index contributed by atoms with van der Waals surface area (Å²) in [5.41, 5.74) is 0.395. The van der Waals surface area contributed by atoms with Crippen molar-refractivity contribution in [1.82, 2.24) is 0 Å². The monoisotopic (exact) mass is 548 g/mol. The molecule has 1 saturated heterocycles. The number of Topliss-reactive ketones (excluding diaryl/α,β-unsaturated/α-hetero) is 1. The molecule has 196 valence electrons. The largest absolute Gasteiger partial charge is 0.463 e. The topological polar surface area (TPSA) is 52.6 Å². The second-order valence-corrected chi connectivity index (χ2v) is 15.1. The summed E-state index contributed by atoms with van der Waals surface area (Å²) in [5, 5.41) is 0. The second-order valence-electron chi connectivity index (χ2n) is 14.2. The van der Waals surface area contributed by atoms with E-state index in [-0.39, 0.29) is 39.2 Å². The van der Waals surface area contributed by atoms with Crippen LogP contribution in [0.5, 0.6) is 0 Å². The van der Waals surface area contributed by atoms with Gasteiger partial charge in [-0.15, -0.1) is 0 Å². The van der Waals surface area contributed by atoms with E-state index in [9.17, 15) is 9.59 Å². The predicted octanol–water partition coefficient (Wildman–Crippen LogP) is 6.72. The van der Waals surface area contributed by atoms with Crippen molar-refractivity contribution < 1.29 is 19.1 Å². The number of rotatable bonds is 1. The number of ketones is 1. The molecule has 35 heavy (non-hydrogen) atoms. The molecule has 0 aromatic carbocycles. The smallest absolute Gasteiger partial charge is 0.302 e. The van der Waals surface area contributed by atoms with Gasteiger partial charge in [-0.25, -0.2) is 0 Å². The van der Waals surface area contributed by atoms with Crippen LogP contribution in [0.25, 0.3) is 0 Å². The molecule has 6 fully saturated rings. The Morgan fingerprint density at radius 3 is 2.34 bits per heavy atom. The predicted molar refractivity (Wildman–Crippen MR) is 139 cm³/mol. The normalized spacial score (nSPS) is 57.3. The van der Waals surface area contributed by atoms with E-state index in [4.69, 9.17) is 9.47 Å². The molecule has 9 unspecified atom stereocenters. The maximum atomic E-state index is 13.9. The third-order valence-corrected chi connectivity index (χ3v) is 13.8. The summed E-state index contributed by atoms with van der Waals surface area (Å²) >= 11 is 3.99. The van der Waals surface area contributed by atoms with Gasteiger partial charge in [0.25, 0.3) is 0 Å². The number of hydrogen-bond donors (Lipinski definition) is 0. The van der Waals surface area contributed by atoms with E-state index in [1.165, 1.54) is 45.4 Å². The van der Waals surface area contributed by atoms with Crippen LogP contribution in [-0.2, 0) is 19.1 Å². The molecule has 1 heterocycles. The maximum absolute atomic E-state index is 13.9. The third kappa shape index (κ3) is 3.45. The van der Waals surface area contributed by atoms with Gasteiger partial charge >= 0.3 is 5.97 Å². The van der Waals surface area contributed by atoms with Crippen LogP contribution in [-0.4, -0.2) is 34.4 Å². The lowest BCUT2D eigenvalue weighted by atomic mass is 9.44. The number of carbonyl (C=O) groups excluding carboxylic acids is 2. The number of ether oxygens (including phenoxy) is 2. The molecular weight excluding hydrogens is 504 g/mol. The Labute approximate surface area is 220 Å². The Morgan fingerprint density at radius 2 is 1.66 bits per heavy atom. The molecule has 1 aliphatic heterocycles. The van der Waals surface area contributed by atoms with Crippen LogP contribution < -0.4 is 0 Å². The van der Waals surface area contributed by atoms with Crippen molar-refractivity contribution >= 4 is 27.7 Å². The third-order valence-electron chi connectivity index (χ3n) is 12.7. The highest BCUT2D eigenvalue weighted by atomic mass is 79.9. The van der Waals surface area contributed by atoms with Crippen LogP contribution in [0.2, 0.25) is 0 Å². The minimum absolute atomic E-state index is 0.000782. The average Bonchev–Trinajstić information content (AvgIpc) is 3.25. The molecular formula is C30H45BrO4. The number of carbonyl (C=O) groups is 2. The average molecular weight is 550 g/mol. The first-order chi connectivity index (χ1) is 16.5. The molecule has 6 aliphatic rings. The van der Waals surface area contributed by atoms with Gasteiger partial charge in [0, 0.05) is 12.8 Å². The van der Waals surface area contributed by atoms with Crippen LogP contribution in [0.15, 0.2) is 0 Å². The lowest BCUT2D eigenvalue weighted by molar-refractivity contribution is -0.169. The zero-order valence-electron chi connectivity index (χ0n) is 22.4. The highest BCUT2D eigenvalue weighted by Gasteiger charge is 2.70. The molecule has 0 radical (unpaired) electrons. The van der Waals surface area contributed by atoms with Crippen molar-refractivity contribution in [1.29, 1.82) is 0 Å². The first kappa shape index (κ1) is 24.9. The molecule has 6 rings (SSSR count). The fourth-order valence-corrected chi connectivity index (χ4v) is 11.9. The van der Waals surface area contributed by atoms with Crippen LogP contribution in [0, 0.1) is 52.3 Å². The number of fused-ring (bicyclic) bond motifs is 7. The fourth-order valence-electron chi connectivity index (χ4n) is 10.9. The summed E-state index contributed by atoms with van der Waals surface area (Å²) in [4.78, 5) is 25.4. The van der Waals surface area contributed by atoms with Crippen LogP contribution in [0.4, 0.5) is 0 Å². The van der Waals surface area contributed by atoms with E-state index < -0.39 is 0 Å². The van der Waals surface area contributed by atoms with Gasteiger partial charge in [-0.3, -0.25) is 9.59 Å². The SMILES string of the molecule is CC(=O)OC1CCC2(C)C(C1)C(=O)[C@@H](Br)C1C2CCC2(C)C1CC1OC3(CCC(C)CC3)[C@@H](C)C12. The molecule has 5 saturated carbocycles. The summed E-state index contributed by atoms with van der Waals surface area (Å²) < 4.78 is 12.7. The van der Waals surface area contributed by atoms with E-state index in [1.807, 2.05) is 0 Å². The van der Waals surface area contributed by atoms with Gasteiger partial charge < -0.3 is 9.47 Å². The Hall–Kier alpha value is -0.420. The number of alkyl halides is 1. The van der Waals surface area contributed by atoms with E-state index in [0.29, 0.717) is 47.9 Å². The molecule has 0 aromatic heterocycles. The highest BCUT2D eigenvalue weighted by Crippen LogP contribution is 2.71. The number of halogens is 1. The number of hydrogen-bond acceptors (Lipinski definition) is 4. The summed E-state index contributed by atoms with van der Waals surface area (Å²) in [6.07, 6.45) is 11.6. The van der Waals surface area contributed by atoms with Crippen molar-refractivity contribution in [3.63, 3.8) is 0 Å². The molecule has 5 heteroatoms. The van der Waals surface area contributed by atoms with Crippen LogP contribution in [0.3, 0.4) is 0 Å². The summed E-state index contributed by atoms with van der Waals surface area (Å²) in [7, 11) is 0. The Kier molecular flexibility index (Phi) is 5.89. The molecule has 5 aliphatic carbocycles. The van der Waals surface area contributed by atoms with Gasteiger partial charge in [0.05, 0.1) is 16.5 Å². The standard InChI is InChI=1S/C30H45BrO4/c1-16-6-12-30(13-7-16)17(2)25-23(35-30)15-21-24-20(9-11-29(21,25)5)28(4)10-8-19(34-18(3)32)14-22(28)27(33)26(24)31/h16-17,19-26H,6-15H2,1-5H3/t16?,17-,19?,20?,21?,22?,23?,24?,25?,26-,28?,29?,30?/m0/s1. The summed E-state index contributed by atoms with van der Waals surface area (Å²) in [6, 6.07) is 0. The molecule has 1 spiro atoms. The van der Waals surface area contributed by atoms with Crippen molar-refractivity contribution in [2.75, 3.05) is 0 Å². The fraction of sp³-hybridized carbons (Fsp3) is 0.933. The maximum Gasteiger partial charge on any atom is 0.302 e. The highest BCUT2D eigenvalue weighted by molar-refractivity contribution is 9.10. The van der Waals surface area contributed by atoms with Gasteiger partial charge in [0.15, 0.2) is 5.78 Å². The van der Waals surface area contributed by atoms with E-state index in [1.54, 1.807) is 0 Å². The Balaban J connectivity index is 1.27. The van der Waals surface area contributed by atoms with Crippen LogP contribution >= 0.6 is 15.9 Å². The summed E-state index contributed by atoms with van der Waals surface area (Å²) in [5.74, 6) is 3.74. The Bertz CT molecular complexity index is 895. The number of esters is 1. The first-order valence-electron chi connectivity index (χ1n) is 14.5. The van der Waals surface area contributed by atoms with Crippen molar-refractivity contribution in [2.45, 2.75) is 121 Å². The minimum Gasteiger partial charge on any atom is -0.463 e. The quantitative estimate of drug-likeness (QED) is 0.269. The molecule has 11 atom stereocenters. The van der Waals surface area contributed by atoms with E-state index in [0.717, 1.165) is 25.2 Å². The molecule has 0 amide bonds. The van der Waals surface area contributed by atoms with Crippen molar-refractivity contribution in [3.8, 4) is 0 Å². The summed E-state index contributed by atoms with van der Waals surface area (Å²) in [6.45, 7) is 11.4. The van der Waals surface area contributed by atoms with Gasteiger partial charge in [0.1, 0.15) is 6.10 Å². The zero-order chi connectivity index (χ0) is 24.9. The Morgan fingerprint density at radius 1 is 0.971 bits per heavy atom. The first-order valence-corrected chi connectivity index (χ1v) is 15.4. The van der Waals surface area contributed by atoms with Gasteiger partial charge in [-0.2, -0.15) is 0 Å². The molecule has 4 nitrogen and oxygen atoms in total. The van der Waals surface area contributed by atoms with Gasteiger partial charge in [0.2, 0.25) is 0 Å². The minimum atomic E-state index is -0.222. The second kappa shape index (κ2) is 8.29. The van der Waals surface area contributed by atoms with E-state index >= 15 is 0 Å². The lowest BCUT2D eigenvalue weighted by Crippen LogP contribution is -2.61. The molecule has 0 N–H and O–H groups in total. The zero-order valence-corrected chi connectivity index (χ0v) is 23.9. The van der Waals surface area contributed by atoms with Gasteiger partial charge in [-0.1, -0.05) is 43.6 Å². The lowest BCUT2D eigenvalue weighted by Gasteiger charge is -2.61. The van der Waals surface area contributed by atoms with E-state index in [2.05, 4.69) is 43.6 Å². The van der Waals surface area contributed by atoms with Crippen LogP contribution in [0.1, 0.15) is 98.8 Å². The van der Waals surface area contributed by atoms with Gasteiger partial charge in [-0.05, 0) is 111 Å². The molecule has 0 aromatic rings.